The van der Waals surface area contributed by atoms with E-state index in [1.54, 1.807) is 7.11 Å². The van der Waals surface area contributed by atoms with Crippen molar-refractivity contribution >= 4 is 17.6 Å². The minimum atomic E-state index is 0.0898. The van der Waals surface area contributed by atoms with Crippen molar-refractivity contribution < 1.29 is 4.74 Å². The predicted octanol–water partition coefficient (Wildman–Crippen LogP) is 2.55. The summed E-state index contributed by atoms with van der Waals surface area (Å²) in [5, 5.41) is 7.54. The van der Waals surface area contributed by atoms with Crippen LogP contribution in [-0.2, 0) is 6.54 Å². The molecule has 1 aromatic rings. The van der Waals surface area contributed by atoms with Gasteiger partial charge in [-0.1, -0.05) is 0 Å². The lowest BCUT2D eigenvalue weighted by Gasteiger charge is -2.25. The molecule has 0 radical (unpaired) electrons. The smallest absolute Gasteiger partial charge is 0.123 e. The summed E-state index contributed by atoms with van der Waals surface area (Å²) in [7, 11) is 3.79. The molecule has 0 aliphatic heterocycles. The van der Waals surface area contributed by atoms with Crippen LogP contribution < -0.4 is 10.5 Å². The largest absolute Gasteiger partial charge is 0.496 e. The van der Waals surface area contributed by atoms with E-state index in [0.29, 0.717) is 6.04 Å². The van der Waals surface area contributed by atoms with Gasteiger partial charge < -0.3 is 10.5 Å². The highest BCUT2D eigenvalue weighted by Gasteiger charge is 2.13. The molecule has 0 bridgehead atoms. The Morgan fingerprint density at radius 1 is 1.50 bits per heavy atom. The van der Waals surface area contributed by atoms with Crippen molar-refractivity contribution in [3.8, 4) is 5.75 Å². The summed E-state index contributed by atoms with van der Waals surface area (Å²) in [6, 6.07) is 6.15. The molecular formula is C15H25N3OS. The quantitative estimate of drug-likeness (QED) is 0.571. The Hall–Kier alpha value is -1.20. The zero-order chi connectivity index (χ0) is 15.1. The number of methoxy groups -OCH3 is 1. The van der Waals surface area contributed by atoms with Crippen molar-refractivity contribution in [3.63, 3.8) is 0 Å². The average Bonchev–Trinajstić information content (AvgIpc) is 2.44. The molecule has 0 saturated carbocycles. The summed E-state index contributed by atoms with van der Waals surface area (Å²) < 4.78 is 5.40. The molecule has 5 heteroatoms. The SMILES string of the molecule is COc1ccc(C(=N)N)cc1CN(C)C(C)CCSC. The molecule has 1 rings (SSSR count). The van der Waals surface area contributed by atoms with E-state index in [-0.39, 0.29) is 5.84 Å². The van der Waals surface area contributed by atoms with Crippen molar-refractivity contribution in [2.24, 2.45) is 5.73 Å². The van der Waals surface area contributed by atoms with Gasteiger partial charge in [0.25, 0.3) is 0 Å². The number of thioether (sulfide) groups is 1. The van der Waals surface area contributed by atoms with Gasteiger partial charge in [-0.05, 0) is 50.6 Å². The fraction of sp³-hybridized carbons (Fsp3) is 0.533. The van der Waals surface area contributed by atoms with Gasteiger partial charge in [0.05, 0.1) is 7.11 Å². The maximum atomic E-state index is 7.54. The third kappa shape index (κ3) is 4.72. The van der Waals surface area contributed by atoms with Crippen molar-refractivity contribution in [3.05, 3.63) is 29.3 Å². The van der Waals surface area contributed by atoms with Crippen LogP contribution in [-0.4, -0.2) is 42.9 Å². The molecule has 3 N–H and O–H groups in total. The van der Waals surface area contributed by atoms with Crippen molar-refractivity contribution in [2.75, 3.05) is 26.2 Å². The third-order valence-corrected chi connectivity index (χ3v) is 4.15. The molecule has 20 heavy (non-hydrogen) atoms. The third-order valence-electron chi connectivity index (χ3n) is 3.50. The summed E-state index contributed by atoms with van der Waals surface area (Å²) in [5.41, 5.74) is 7.37. The molecule has 0 aromatic heterocycles. The zero-order valence-electron chi connectivity index (χ0n) is 12.8. The van der Waals surface area contributed by atoms with Crippen LogP contribution >= 0.6 is 11.8 Å². The fourth-order valence-corrected chi connectivity index (χ4v) is 2.58. The number of ether oxygens (including phenoxy) is 1. The van der Waals surface area contributed by atoms with Crippen molar-refractivity contribution in [1.29, 1.82) is 5.41 Å². The van der Waals surface area contributed by atoms with Gasteiger partial charge in [-0.15, -0.1) is 0 Å². The van der Waals surface area contributed by atoms with E-state index in [2.05, 4.69) is 25.1 Å². The first kappa shape index (κ1) is 16.9. The lowest BCUT2D eigenvalue weighted by atomic mass is 10.1. The lowest BCUT2D eigenvalue weighted by Crippen LogP contribution is -2.29. The highest BCUT2D eigenvalue weighted by Crippen LogP contribution is 2.22. The molecule has 112 valence electrons. The molecule has 0 heterocycles. The number of hydrogen-bond acceptors (Lipinski definition) is 4. The number of rotatable bonds is 8. The predicted molar refractivity (Wildman–Crippen MR) is 87.9 cm³/mol. The first-order valence-corrected chi connectivity index (χ1v) is 8.09. The van der Waals surface area contributed by atoms with Crippen molar-refractivity contribution in [2.45, 2.75) is 25.9 Å². The highest BCUT2D eigenvalue weighted by molar-refractivity contribution is 7.98. The second-order valence-electron chi connectivity index (χ2n) is 4.99. The van der Waals surface area contributed by atoms with Gasteiger partial charge >= 0.3 is 0 Å². The maximum Gasteiger partial charge on any atom is 0.123 e. The molecule has 0 saturated heterocycles. The molecule has 1 unspecified atom stereocenters. The second kappa shape index (κ2) is 8.17. The van der Waals surface area contributed by atoms with Crippen LogP contribution in [0.2, 0.25) is 0 Å². The first-order chi connectivity index (χ1) is 9.49. The van der Waals surface area contributed by atoms with E-state index in [1.807, 2.05) is 30.0 Å². The Labute approximate surface area is 126 Å². The molecule has 1 atom stereocenters. The van der Waals surface area contributed by atoms with Crippen LogP contribution in [0.15, 0.2) is 18.2 Å². The van der Waals surface area contributed by atoms with E-state index < -0.39 is 0 Å². The number of nitrogens with zero attached hydrogens (tertiary/aromatic N) is 1. The van der Waals surface area contributed by atoms with Crippen LogP contribution in [0.3, 0.4) is 0 Å². The van der Waals surface area contributed by atoms with Gasteiger partial charge in [-0.3, -0.25) is 10.3 Å². The van der Waals surface area contributed by atoms with Gasteiger partial charge in [0.15, 0.2) is 0 Å². The summed E-state index contributed by atoms with van der Waals surface area (Å²) in [6.07, 6.45) is 3.29. The Morgan fingerprint density at radius 3 is 2.75 bits per heavy atom. The summed E-state index contributed by atoms with van der Waals surface area (Å²) in [4.78, 5) is 2.30. The van der Waals surface area contributed by atoms with E-state index in [0.717, 1.165) is 35.6 Å². The number of benzene rings is 1. The Morgan fingerprint density at radius 2 is 2.20 bits per heavy atom. The van der Waals surface area contributed by atoms with Gasteiger partial charge in [0, 0.05) is 23.7 Å². The minimum Gasteiger partial charge on any atom is -0.496 e. The number of amidine groups is 1. The standard InChI is InChI=1S/C15H25N3OS/c1-11(7-8-20-4)18(2)10-13-9-12(15(16)17)5-6-14(13)19-3/h5-6,9,11H,7-8,10H2,1-4H3,(H3,16,17). The molecule has 0 aliphatic rings. The van der Waals surface area contributed by atoms with Crippen LogP contribution in [0, 0.1) is 5.41 Å². The lowest BCUT2D eigenvalue weighted by molar-refractivity contribution is 0.241. The second-order valence-corrected chi connectivity index (χ2v) is 5.97. The van der Waals surface area contributed by atoms with Crippen LogP contribution in [0.25, 0.3) is 0 Å². The van der Waals surface area contributed by atoms with Crippen LogP contribution in [0.5, 0.6) is 5.75 Å². The fourth-order valence-electron chi connectivity index (χ4n) is 2.00. The Balaban J connectivity index is 2.83. The Kier molecular flexibility index (Phi) is 6.88. The zero-order valence-corrected chi connectivity index (χ0v) is 13.6. The summed E-state index contributed by atoms with van der Waals surface area (Å²) in [6.45, 7) is 3.03. The monoisotopic (exact) mass is 295 g/mol. The molecular weight excluding hydrogens is 270 g/mol. The molecule has 0 spiro atoms. The van der Waals surface area contributed by atoms with E-state index in [9.17, 15) is 0 Å². The summed E-state index contributed by atoms with van der Waals surface area (Å²) >= 11 is 1.87. The number of hydrogen-bond donors (Lipinski definition) is 2. The van der Waals surface area contributed by atoms with E-state index >= 15 is 0 Å². The molecule has 0 aliphatic carbocycles. The van der Waals surface area contributed by atoms with Crippen LogP contribution in [0.1, 0.15) is 24.5 Å². The maximum absolute atomic E-state index is 7.54. The minimum absolute atomic E-state index is 0.0898. The average molecular weight is 295 g/mol. The van der Waals surface area contributed by atoms with Gasteiger partial charge in [0.1, 0.15) is 11.6 Å². The number of nitrogens with two attached hydrogens (primary N) is 1. The van der Waals surface area contributed by atoms with Crippen LogP contribution in [0.4, 0.5) is 0 Å². The van der Waals surface area contributed by atoms with E-state index in [1.165, 1.54) is 0 Å². The molecule has 4 nitrogen and oxygen atoms in total. The summed E-state index contributed by atoms with van der Waals surface area (Å²) in [5.74, 6) is 2.10. The first-order valence-electron chi connectivity index (χ1n) is 6.70. The molecule has 1 aromatic carbocycles. The van der Waals surface area contributed by atoms with Gasteiger partial charge in [-0.25, -0.2) is 0 Å². The van der Waals surface area contributed by atoms with Gasteiger partial charge in [0.2, 0.25) is 0 Å². The van der Waals surface area contributed by atoms with E-state index in [4.69, 9.17) is 15.9 Å². The Bertz CT molecular complexity index is 451. The highest BCUT2D eigenvalue weighted by atomic mass is 32.2. The van der Waals surface area contributed by atoms with Gasteiger partial charge in [-0.2, -0.15) is 11.8 Å². The molecule has 0 amide bonds. The number of nitrogens with one attached hydrogen (secondary N) is 1. The molecule has 0 fully saturated rings. The number of nitrogen functional groups attached to an aromatic ring is 1. The van der Waals surface area contributed by atoms with Crippen molar-refractivity contribution in [1.82, 2.24) is 4.90 Å². The normalized spacial score (nSPS) is 12.4. The topological polar surface area (TPSA) is 62.3 Å².